The van der Waals surface area contributed by atoms with E-state index in [9.17, 15) is 5.26 Å². The van der Waals surface area contributed by atoms with Gasteiger partial charge in [0.05, 0.1) is 12.6 Å². The third-order valence-electron chi connectivity index (χ3n) is 5.77. The van der Waals surface area contributed by atoms with E-state index in [4.69, 9.17) is 11.3 Å². The summed E-state index contributed by atoms with van der Waals surface area (Å²) in [5.41, 5.74) is 4.96. The highest BCUT2D eigenvalue weighted by atomic mass is 16.5. The van der Waals surface area contributed by atoms with E-state index in [1.54, 1.807) is 0 Å². The first kappa shape index (κ1) is 19.6. The van der Waals surface area contributed by atoms with Gasteiger partial charge in [-0.15, -0.1) is 0 Å². The van der Waals surface area contributed by atoms with Crippen LogP contribution in [0.2, 0.25) is 0 Å². The molecular weight excluding hydrogens is 370 g/mol. The number of allylic oxidation sites excluding steroid dienone is 3. The molecule has 0 bridgehead atoms. The van der Waals surface area contributed by atoms with Crippen LogP contribution in [-0.4, -0.2) is 13.6 Å². The van der Waals surface area contributed by atoms with Crippen molar-refractivity contribution in [2.45, 2.75) is 25.4 Å². The molecule has 0 saturated heterocycles. The molecule has 0 amide bonds. The van der Waals surface area contributed by atoms with Crippen molar-refractivity contribution in [1.82, 2.24) is 0 Å². The predicted octanol–water partition coefficient (Wildman–Crippen LogP) is 5.61. The predicted molar refractivity (Wildman–Crippen MR) is 119 cm³/mol. The standard InChI is InChI=1S/C26H23N3O/c1-26(22-7-5-4-6-8-22)17-21(24(18-27)28-2)16-23(30-26)11-9-19-10-12-25-20(15-19)13-14-29(25)3/h4-12,15-16H,13-14,17H2,1,3H3. The van der Waals surface area contributed by atoms with Crippen LogP contribution in [0.5, 0.6) is 0 Å². The lowest BCUT2D eigenvalue weighted by Gasteiger charge is -2.36. The number of rotatable bonds is 3. The van der Waals surface area contributed by atoms with Crippen LogP contribution in [0.4, 0.5) is 5.69 Å². The molecule has 148 valence electrons. The van der Waals surface area contributed by atoms with Crippen LogP contribution in [-0.2, 0) is 16.8 Å². The molecule has 0 saturated carbocycles. The summed E-state index contributed by atoms with van der Waals surface area (Å²) in [6, 6.07) is 18.5. The summed E-state index contributed by atoms with van der Waals surface area (Å²) >= 11 is 0. The van der Waals surface area contributed by atoms with E-state index in [1.807, 2.05) is 61.6 Å². The van der Waals surface area contributed by atoms with Crippen molar-refractivity contribution in [3.05, 3.63) is 106 Å². The Morgan fingerprint density at radius 3 is 2.77 bits per heavy atom. The molecule has 1 atom stereocenters. The summed E-state index contributed by atoms with van der Waals surface area (Å²) in [6.07, 6.45) is 7.31. The molecule has 4 heteroatoms. The van der Waals surface area contributed by atoms with Crippen LogP contribution in [0, 0.1) is 17.9 Å². The van der Waals surface area contributed by atoms with E-state index in [-0.39, 0.29) is 5.70 Å². The second-order valence-corrected chi connectivity index (χ2v) is 7.91. The highest BCUT2D eigenvalue weighted by molar-refractivity contribution is 5.64. The fourth-order valence-electron chi connectivity index (χ4n) is 4.14. The smallest absolute Gasteiger partial charge is 0.265 e. The van der Waals surface area contributed by atoms with Crippen molar-refractivity contribution >= 4 is 11.8 Å². The molecule has 4 nitrogen and oxygen atoms in total. The van der Waals surface area contributed by atoms with Crippen LogP contribution >= 0.6 is 0 Å². The van der Waals surface area contributed by atoms with Gasteiger partial charge >= 0.3 is 0 Å². The van der Waals surface area contributed by atoms with Gasteiger partial charge in [-0.2, -0.15) is 0 Å². The molecular formula is C26H23N3O. The van der Waals surface area contributed by atoms with Crippen molar-refractivity contribution in [3.8, 4) is 6.07 Å². The van der Waals surface area contributed by atoms with E-state index >= 15 is 0 Å². The maximum absolute atomic E-state index is 9.41. The van der Waals surface area contributed by atoms with Crippen LogP contribution in [0.15, 0.2) is 77.7 Å². The molecule has 2 aromatic rings. The summed E-state index contributed by atoms with van der Waals surface area (Å²) in [6.45, 7) is 10.4. The minimum Gasteiger partial charge on any atom is -0.483 e. The highest BCUT2D eigenvalue weighted by Gasteiger charge is 2.34. The van der Waals surface area contributed by atoms with Crippen molar-refractivity contribution < 1.29 is 4.74 Å². The number of benzene rings is 2. The number of ether oxygens (including phenoxy) is 1. The van der Waals surface area contributed by atoms with Gasteiger partial charge in [-0.25, -0.2) is 10.1 Å². The number of nitriles is 1. The Hall–Kier alpha value is -3.76. The minimum absolute atomic E-state index is 0.118. The molecule has 0 radical (unpaired) electrons. The second kappa shape index (κ2) is 7.93. The largest absolute Gasteiger partial charge is 0.483 e. The molecule has 2 aromatic carbocycles. The van der Waals surface area contributed by atoms with E-state index in [1.165, 1.54) is 11.3 Å². The lowest BCUT2D eigenvalue weighted by molar-refractivity contribution is 0.0143. The summed E-state index contributed by atoms with van der Waals surface area (Å²) in [5.74, 6) is 0.650. The lowest BCUT2D eigenvalue weighted by atomic mass is 9.85. The maximum Gasteiger partial charge on any atom is 0.265 e. The average Bonchev–Trinajstić information content (AvgIpc) is 3.14. The monoisotopic (exact) mass is 393 g/mol. The number of hydrogen-bond donors (Lipinski definition) is 0. The molecule has 4 rings (SSSR count). The average molecular weight is 393 g/mol. The molecule has 1 unspecified atom stereocenters. The second-order valence-electron chi connectivity index (χ2n) is 7.91. The molecule has 0 N–H and O–H groups in total. The maximum atomic E-state index is 9.41. The zero-order valence-electron chi connectivity index (χ0n) is 17.2. The molecule has 2 heterocycles. The number of likely N-dealkylation sites (N-methyl/N-ethyl adjacent to an activating group) is 1. The van der Waals surface area contributed by atoms with Crippen molar-refractivity contribution in [3.63, 3.8) is 0 Å². The van der Waals surface area contributed by atoms with Gasteiger partial charge in [0.1, 0.15) is 11.4 Å². The molecule has 30 heavy (non-hydrogen) atoms. The molecule has 0 spiro atoms. The Morgan fingerprint density at radius 2 is 2.03 bits per heavy atom. The normalized spacial score (nSPS) is 22.0. The van der Waals surface area contributed by atoms with E-state index in [0.29, 0.717) is 17.8 Å². The van der Waals surface area contributed by atoms with Gasteiger partial charge in [-0.05, 0) is 59.9 Å². The van der Waals surface area contributed by atoms with E-state index in [0.717, 1.165) is 24.1 Å². The molecule has 0 fully saturated rings. The number of hydrogen-bond acceptors (Lipinski definition) is 3. The summed E-state index contributed by atoms with van der Waals surface area (Å²) in [5, 5.41) is 9.41. The topological polar surface area (TPSA) is 40.6 Å². The Kier molecular flexibility index (Phi) is 5.17. The van der Waals surface area contributed by atoms with Gasteiger partial charge < -0.3 is 9.64 Å². The first-order valence-electron chi connectivity index (χ1n) is 10.0. The van der Waals surface area contributed by atoms with Gasteiger partial charge in [0, 0.05) is 25.7 Å². The Bertz CT molecular complexity index is 1130. The van der Waals surface area contributed by atoms with Gasteiger partial charge in [0.2, 0.25) is 0 Å². The van der Waals surface area contributed by atoms with Crippen molar-refractivity contribution in [1.29, 1.82) is 5.26 Å². The number of nitrogens with zero attached hydrogens (tertiary/aromatic N) is 3. The Labute approximate surface area is 177 Å². The van der Waals surface area contributed by atoms with E-state index < -0.39 is 5.60 Å². The highest BCUT2D eigenvalue weighted by Crippen LogP contribution is 2.40. The lowest BCUT2D eigenvalue weighted by Crippen LogP contribution is -2.29. The van der Waals surface area contributed by atoms with Crippen LogP contribution < -0.4 is 4.90 Å². The third kappa shape index (κ3) is 3.73. The van der Waals surface area contributed by atoms with Gasteiger partial charge in [-0.3, -0.25) is 0 Å². The zero-order valence-corrected chi connectivity index (χ0v) is 17.2. The van der Waals surface area contributed by atoms with E-state index in [2.05, 4.69) is 35.0 Å². The van der Waals surface area contributed by atoms with Crippen LogP contribution in [0.3, 0.4) is 0 Å². The molecule has 0 aliphatic carbocycles. The van der Waals surface area contributed by atoms with Crippen molar-refractivity contribution in [2.75, 3.05) is 18.5 Å². The Balaban J connectivity index is 1.69. The summed E-state index contributed by atoms with van der Waals surface area (Å²) < 4.78 is 6.38. The van der Waals surface area contributed by atoms with Crippen LogP contribution in [0.25, 0.3) is 10.9 Å². The number of fused-ring (bicyclic) bond motifs is 1. The van der Waals surface area contributed by atoms with Gasteiger partial charge in [-0.1, -0.05) is 42.5 Å². The first-order chi connectivity index (χ1) is 14.5. The third-order valence-corrected chi connectivity index (χ3v) is 5.77. The molecule has 2 aliphatic rings. The first-order valence-corrected chi connectivity index (χ1v) is 10.0. The SMILES string of the molecule is [C-]#[N+]C(C#N)=C1C=C(C=Cc2ccc3c(c2)CCN3C)OC(C)(c2ccccc2)C1. The fourth-order valence-corrected chi connectivity index (χ4v) is 4.14. The van der Waals surface area contributed by atoms with Crippen LogP contribution in [0.1, 0.15) is 30.0 Å². The van der Waals surface area contributed by atoms with Gasteiger partial charge in [0.25, 0.3) is 5.70 Å². The molecule has 2 aliphatic heterocycles. The van der Waals surface area contributed by atoms with Crippen molar-refractivity contribution in [2.24, 2.45) is 0 Å². The summed E-state index contributed by atoms with van der Waals surface area (Å²) in [4.78, 5) is 5.70. The Morgan fingerprint density at radius 1 is 1.23 bits per heavy atom. The number of anilines is 1. The minimum atomic E-state index is -0.640. The van der Waals surface area contributed by atoms with Gasteiger partial charge in [0.15, 0.2) is 0 Å². The fraction of sp³-hybridized carbons (Fsp3) is 0.231. The molecule has 0 aromatic heterocycles. The zero-order chi connectivity index (χ0) is 21.1. The quantitative estimate of drug-likeness (QED) is 0.503. The summed E-state index contributed by atoms with van der Waals surface area (Å²) in [7, 11) is 2.12.